The highest BCUT2D eigenvalue weighted by Gasteiger charge is 2.46. The number of hydrogen-bond donors (Lipinski definition) is 10. The smallest absolute Gasteiger partial charge is 0.221 e. The molecule has 0 aromatic rings. The summed E-state index contributed by atoms with van der Waals surface area (Å²) in [5.74, 6) is -1.88. The highest BCUT2D eigenvalue weighted by Crippen LogP contribution is 2.28. The van der Waals surface area contributed by atoms with Crippen molar-refractivity contribution in [1.82, 2.24) is 10.6 Å². The second kappa shape index (κ2) is 14.3. The van der Waals surface area contributed by atoms with Crippen LogP contribution in [0, 0.1) is 17.2 Å². The Balaban J connectivity index is 3.04. The van der Waals surface area contributed by atoms with Gasteiger partial charge in [0.05, 0.1) is 43.0 Å². The van der Waals surface area contributed by atoms with Crippen molar-refractivity contribution in [2.45, 2.75) is 75.6 Å². The topological polar surface area (TPSA) is 196 Å². The van der Waals surface area contributed by atoms with Crippen LogP contribution in [0.15, 0.2) is 11.8 Å². The first kappa shape index (κ1) is 29.9. The van der Waals surface area contributed by atoms with Crippen LogP contribution in [0.4, 0.5) is 0 Å². The predicted molar refractivity (Wildman–Crippen MR) is 125 cm³/mol. The minimum absolute atomic E-state index is 0.0186. The lowest BCUT2D eigenvalue weighted by molar-refractivity contribution is -0.227. The maximum Gasteiger partial charge on any atom is 0.221 e. The third-order valence-electron chi connectivity index (χ3n) is 5.60. The fraction of sp³-hybridized carbons (Fsp3) is 0.810. The zero-order valence-electron chi connectivity index (χ0n) is 19.3. The molecule has 1 rings (SSSR count). The van der Waals surface area contributed by atoms with E-state index >= 15 is 0 Å². The van der Waals surface area contributed by atoms with E-state index in [4.69, 9.17) is 15.3 Å². The van der Waals surface area contributed by atoms with Crippen LogP contribution in [-0.4, -0.2) is 104 Å². The van der Waals surface area contributed by atoms with Crippen LogP contribution in [0.5, 0.6) is 0 Å². The van der Waals surface area contributed by atoms with Crippen molar-refractivity contribution in [3.05, 3.63) is 11.8 Å². The number of thiol groups is 1. The first-order valence-corrected chi connectivity index (χ1v) is 11.5. The number of hydrogen-bond acceptors (Lipinski definition) is 11. The van der Waals surface area contributed by atoms with E-state index in [2.05, 4.69) is 23.3 Å². The molecule has 0 saturated carbocycles. The summed E-state index contributed by atoms with van der Waals surface area (Å²) in [6.45, 7) is 4.38. The molecule has 1 heterocycles. The number of carbonyl (C=O) groups excluding carboxylic acids is 1. The van der Waals surface area contributed by atoms with Crippen LogP contribution < -0.4 is 10.6 Å². The first-order chi connectivity index (χ1) is 15.4. The van der Waals surface area contributed by atoms with Gasteiger partial charge in [-0.1, -0.05) is 13.8 Å². The van der Waals surface area contributed by atoms with Crippen LogP contribution >= 0.6 is 12.6 Å². The van der Waals surface area contributed by atoms with Crippen molar-refractivity contribution < 1.29 is 40.2 Å². The van der Waals surface area contributed by atoms with E-state index in [1.807, 2.05) is 6.92 Å². The molecule has 11 nitrogen and oxygen atoms in total. The molecule has 33 heavy (non-hydrogen) atoms. The lowest BCUT2D eigenvalue weighted by atomic mass is 9.82. The van der Waals surface area contributed by atoms with Gasteiger partial charge >= 0.3 is 0 Å². The van der Waals surface area contributed by atoms with E-state index in [9.17, 15) is 30.3 Å². The summed E-state index contributed by atoms with van der Waals surface area (Å²) in [5, 5.41) is 74.6. The Morgan fingerprint density at radius 3 is 2.39 bits per heavy atom. The quantitative estimate of drug-likeness (QED) is 0.103. The Labute approximate surface area is 199 Å². The van der Waals surface area contributed by atoms with Crippen molar-refractivity contribution in [2.24, 2.45) is 11.8 Å². The van der Waals surface area contributed by atoms with Crippen molar-refractivity contribution in [3.8, 4) is 0 Å². The van der Waals surface area contributed by atoms with Gasteiger partial charge in [-0.15, -0.1) is 0 Å². The van der Waals surface area contributed by atoms with E-state index in [-0.39, 0.29) is 35.6 Å². The second-order valence-electron chi connectivity index (χ2n) is 8.58. The average Bonchev–Trinajstić information content (AvgIpc) is 2.71. The van der Waals surface area contributed by atoms with Gasteiger partial charge in [0.15, 0.2) is 6.29 Å². The van der Waals surface area contributed by atoms with Crippen LogP contribution in [-0.2, 0) is 9.53 Å². The zero-order chi connectivity index (χ0) is 25.3. The highest BCUT2D eigenvalue weighted by atomic mass is 32.1. The molecule has 0 bridgehead atoms. The van der Waals surface area contributed by atoms with Gasteiger partial charge in [0.1, 0.15) is 0 Å². The first-order valence-electron chi connectivity index (χ1n) is 11.0. The van der Waals surface area contributed by atoms with Gasteiger partial charge in [0.25, 0.3) is 0 Å². The molecule has 9 N–H and O–H groups in total. The van der Waals surface area contributed by atoms with Crippen molar-refractivity contribution in [1.29, 1.82) is 5.41 Å². The average molecular weight is 494 g/mol. The van der Waals surface area contributed by atoms with Gasteiger partial charge in [-0.05, 0) is 18.4 Å². The SMILES string of the molecule is CC(=O)N/C(=C/C(O)[C@@H](C)CCO)[C@@H](O)CC(=N)[C@@H]1C(CO)O[C@@H](O)C(NCC(C)S)C1O. The van der Waals surface area contributed by atoms with Crippen LogP contribution in [0.1, 0.15) is 33.6 Å². The summed E-state index contributed by atoms with van der Waals surface area (Å²) in [7, 11) is 0. The monoisotopic (exact) mass is 493 g/mol. The molecular weight excluding hydrogens is 454 g/mol. The van der Waals surface area contributed by atoms with Crippen LogP contribution in [0.25, 0.3) is 0 Å². The summed E-state index contributed by atoms with van der Waals surface area (Å²) < 4.78 is 5.40. The maximum atomic E-state index is 11.6. The van der Waals surface area contributed by atoms with Gasteiger partial charge in [-0.25, -0.2) is 0 Å². The fourth-order valence-corrected chi connectivity index (χ4v) is 3.80. The second-order valence-corrected chi connectivity index (χ2v) is 9.46. The number of rotatable bonds is 13. The standard InChI is InChI=1S/C21H39N3O8S/c1-10(4-5-25)15(28)7-14(24-12(3)27)16(29)6-13(22)18-17(9-26)32-21(31)19(20(18)30)23-8-11(2)33/h7,10-11,15-23,25-26,28-31,33H,4-6,8-9H2,1-3H3,(H,24,27)/b14-7+,22-13?/t10-,11?,15?,16-,17?,18+,19?,20?,21+/m0/s1. The Morgan fingerprint density at radius 1 is 1.24 bits per heavy atom. The molecule has 0 aromatic heterocycles. The molecule has 1 aliphatic heterocycles. The number of amides is 1. The minimum Gasteiger partial charge on any atom is -0.396 e. The highest BCUT2D eigenvalue weighted by molar-refractivity contribution is 7.80. The molecule has 9 atom stereocenters. The van der Waals surface area contributed by atoms with Crippen molar-refractivity contribution in [2.75, 3.05) is 19.8 Å². The molecule has 1 saturated heterocycles. The Morgan fingerprint density at radius 2 is 1.88 bits per heavy atom. The molecule has 1 aliphatic rings. The van der Waals surface area contributed by atoms with E-state index in [1.54, 1.807) is 6.92 Å². The number of ether oxygens (including phenoxy) is 1. The zero-order valence-corrected chi connectivity index (χ0v) is 20.2. The molecule has 0 aliphatic carbocycles. The van der Waals surface area contributed by atoms with Gasteiger partial charge in [-0.2, -0.15) is 12.6 Å². The maximum absolute atomic E-state index is 11.6. The van der Waals surface area contributed by atoms with E-state index < -0.39 is 55.2 Å². The molecule has 192 valence electrons. The van der Waals surface area contributed by atoms with Gasteiger partial charge in [0, 0.05) is 43.2 Å². The number of carbonyl (C=O) groups is 1. The summed E-state index contributed by atoms with van der Waals surface area (Å²) in [5.41, 5.74) is -0.185. The Kier molecular flexibility index (Phi) is 13.0. The van der Waals surface area contributed by atoms with Crippen molar-refractivity contribution in [3.63, 3.8) is 0 Å². The van der Waals surface area contributed by atoms with Crippen LogP contribution in [0.3, 0.4) is 0 Å². The largest absolute Gasteiger partial charge is 0.396 e. The van der Waals surface area contributed by atoms with Gasteiger partial charge in [-0.3, -0.25) is 4.79 Å². The number of nitrogens with one attached hydrogen (secondary N) is 3. The summed E-state index contributed by atoms with van der Waals surface area (Å²) in [6, 6.07) is -0.948. The Hall–Kier alpha value is -1.09. The van der Waals surface area contributed by atoms with Crippen molar-refractivity contribution >= 4 is 24.2 Å². The lowest BCUT2D eigenvalue weighted by Gasteiger charge is -2.43. The third-order valence-corrected chi connectivity index (χ3v) is 5.78. The normalized spacial score (nSPS) is 29.8. The van der Waals surface area contributed by atoms with Gasteiger partial charge in [0.2, 0.25) is 5.91 Å². The molecule has 12 heteroatoms. The summed E-state index contributed by atoms with van der Waals surface area (Å²) >= 11 is 4.25. The number of aliphatic hydroxyl groups excluding tert-OH is 6. The summed E-state index contributed by atoms with van der Waals surface area (Å²) in [6.07, 6.45) is -5.03. The minimum atomic E-state index is -1.42. The fourth-order valence-electron chi connectivity index (χ4n) is 3.69. The molecular formula is C21H39N3O8S. The van der Waals surface area contributed by atoms with E-state index in [1.165, 1.54) is 13.0 Å². The molecule has 0 spiro atoms. The Bertz CT molecular complexity index is 665. The van der Waals surface area contributed by atoms with Crippen LogP contribution in [0.2, 0.25) is 0 Å². The predicted octanol–water partition coefficient (Wildman–Crippen LogP) is -1.88. The molecule has 1 fully saturated rings. The summed E-state index contributed by atoms with van der Waals surface area (Å²) in [4.78, 5) is 11.6. The lowest BCUT2D eigenvalue weighted by Crippen LogP contribution is -2.63. The molecule has 5 unspecified atom stereocenters. The third kappa shape index (κ3) is 9.23. The molecule has 0 radical (unpaired) electrons. The molecule has 1 amide bonds. The number of aliphatic hydroxyl groups is 6. The molecule has 0 aromatic carbocycles. The van der Waals surface area contributed by atoms with E-state index in [0.717, 1.165) is 0 Å². The van der Waals surface area contributed by atoms with E-state index in [0.29, 0.717) is 13.0 Å². The van der Waals surface area contributed by atoms with Gasteiger partial charge < -0.3 is 51.4 Å².